The van der Waals surface area contributed by atoms with Gasteiger partial charge in [-0.05, 0) is 0 Å². The average molecular weight is 1080 g/mol. The molecule has 0 saturated heterocycles. The minimum atomic E-state index is -9.97. The highest BCUT2D eigenvalue weighted by Gasteiger charge is 2.99. The van der Waals surface area contributed by atoms with E-state index in [4.69, 9.17) is 0 Å². The fourth-order valence-corrected chi connectivity index (χ4v) is 3.64. The van der Waals surface area contributed by atoms with Crippen LogP contribution >= 0.6 is 0 Å². The Morgan fingerprint density at radius 3 is 0.400 bits per heavy atom. The van der Waals surface area contributed by atoms with Gasteiger partial charge in [-0.3, -0.25) is 0 Å². The Bertz CT molecular complexity index is 1550. The first-order chi connectivity index (χ1) is 27.4. The largest absolute Gasteiger partial charge is 0.385 e. The highest BCUT2D eigenvalue weighted by Crippen LogP contribution is 2.68. The Morgan fingerprint density at radius 2 is 0.277 bits per heavy atom. The third-order valence-electron chi connectivity index (χ3n) is 7.76. The number of halogens is 42. The second-order valence-corrected chi connectivity index (χ2v) is 11.9. The minimum Gasteiger partial charge on any atom is -0.303 e. The predicted molar refractivity (Wildman–Crippen MR) is 112 cm³/mol. The molecular formula is C22H4F42O. The molecule has 2 unspecified atom stereocenters. The molecule has 43 heteroatoms. The zero-order chi connectivity index (χ0) is 54.0. The summed E-state index contributed by atoms with van der Waals surface area (Å²) in [7, 11) is 0. The summed E-state index contributed by atoms with van der Waals surface area (Å²) in [6.45, 7) is 0. The molecule has 2 atom stereocenters. The van der Waals surface area contributed by atoms with Crippen molar-refractivity contribution in [2.45, 2.75) is 132 Å². The van der Waals surface area contributed by atoms with Crippen LogP contribution in [-0.2, 0) is 4.74 Å². The van der Waals surface area contributed by atoms with Gasteiger partial charge in [0.2, 0.25) is 0 Å². The lowest BCUT2D eigenvalue weighted by atomic mass is 9.86. The van der Waals surface area contributed by atoms with E-state index < -0.39 is 132 Å². The van der Waals surface area contributed by atoms with Gasteiger partial charge in [0.1, 0.15) is 0 Å². The van der Waals surface area contributed by atoms with Crippen molar-refractivity contribution in [1.29, 1.82) is 0 Å². The van der Waals surface area contributed by atoms with Crippen molar-refractivity contribution in [1.82, 2.24) is 0 Å². The fourth-order valence-electron chi connectivity index (χ4n) is 3.64. The number of alkyl halides is 42. The van der Waals surface area contributed by atoms with Crippen molar-refractivity contribution < 1.29 is 189 Å². The lowest BCUT2D eigenvalue weighted by Gasteiger charge is -2.45. The van der Waals surface area contributed by atoms with E-state index in [1.54, 1.807) is 0 Å². The summed E-state index contributed by atoms with van der Waals surface area (Å²) in [6, 6.07) is 0. The van der Waals surface area contributed by atoms with E-state index in [9.17, 15) is 184 Å². The molecule has 0 bridgehead atoms. The summed E-state index contributed by atoms with van der Waals surface area (Å²) in [5.41, 5.74) is 0. The first kappa shape index (κ1) is 62.0. The van der Waals surface area contributed by atoms with Crippen LogP contribution in [0.5, 0.6) is 0 Å². The third kappa shape index (κ3) is 7.44. The maximum Gasteiger partial charge on any atom is 0.385 e. The Hall–Kier alpha value is -2.98. The normalized spacial score (nSPS) is 17.9. The molecule has 0 aromatic heterocycles. The van der Waals surface area contributed by atoms with Gasteiger partial charge in [0, 0.05) is 0 Å². The molecule has 0 amide bonds. The van der Waals surface area contributed by atoms with Crippen LogP contribution in [0.25, 0.3) is 0 Å². The number of hydrogen-bond donors (Lipinski definition) is 0. The molecule has 0 radical (unpaired) electrons. The maximum absolute atomic E-state index is 13.9. The molecule has 0 aliphatic rings. The van der Waals surface area contributed by atoms with Gasteiger partial charge in [0.25, 0.3) is 12.7 Å². The van der Waals surface area contributed by atoms with Crippen LogP contribution in [0.15, 0.2) is 0 Å². The van der Waals surface area contributed by atoms with Crippen LogP contribution in [0.1, 0.15) is 0 Å². The molecule has 0 heterocycles. The highest BCUT2D eigenvalue weighted by atomic mass is 19.4. The van der Waals surface area contributed by atoms with Crippen LogP contribution in [0.4, 0.5) is 184 Å². The number of rotatable bonds is 22. The zero-order valence-electron chi connectivity index (χ0n) is 27.6. The lowest BCUT2D eigenvalue weighted by Crippen LogP contribution is -2.77. The van der Waals surface area contributed by atoms with Gasteiger partial charge in [-0.2, -0.15) is 158 Å². The zero-order valence-corrected chi connectivity index (χ0v) is 27.6. The smallest absolute Gasteiger partial charge is 0.303 e. The molecule has 0 N–H and O–H groups in total. The van der Waals surface area contributed by atoms with Crippen LogP contribution in [0.2, 0.25) is 0 Å². The SMILES string of the molecule is FC(F)C(F)(F)C(F)(F)C(F)(F)C(F)(F)C(F)(F)C(F)(F)C(F)(F)C(F)(F)C(F)(F)C(F)OC(F)C(F)(F)C(F)(F)C(F)(F)C(F)(F)C(F)(F)C(F)(F)C(F)(F)C(F)(F)C(F)(F)C(F)F. The van der Waals surface area contributed by atoms with Gasteiger partial charge in [0.05, 0.1) is 0 Å². The molecule has 0 spiro atoms. The van der Waals surface area contributed by atoms with Gasteiger partial charge in [-0.15, -0.1) is 0 Å². The Morgan fingerprint density at radius 1 is 0.169 bits per heavy atom. The molecular weight excluding hydrogens is 1080 g/mol. The van der Waals surface area contributed by atoms with Crippen LogP contribution < -0.4 is 0 Å². The molecule has 392 valence electrons. The van der Waals surface area contributed by atoms with Gasteiger partial charge in [-0.25, -0.2) is 26.3 Å². The van der Waals surface area contributed by atoms with E-state index >= 15 is 0 Å². The van der Waals surface area contributed by atoms with E-state index in [2.05, 4.69) is 0 Å². The quantitative estimate of drug-likeness (QED) is 0.0982. The predicted octanol–water partition coefficient (Wildman–Crippen LogP) is 13.6. The van der Waals surface area contributed by atoms with Crippen molar-refractivity contribution in [3.63, 3.8) is 0 Å². The second-order valence-electron chi connectivity index (χ2n) is 11.9. The van der Waals surface area contributed by atoms with Crippen molar-refractivity contribution >= 4 is 0 Å². The average Bonchev–Trinajstić information content (AvgIpc) is 3.09. The van der Waals surface area contributed by atoms with Crippen LogP contribution in [0, 0.1) is 0 Å². The second kappa shape index (κ2) is 15.8. The summed E-state index contributed by atoms with van der Waals surface area (Å²) < 4.78 is 566. The molecule has 0 saturated carbocycles. The van der Waals surface area contributed by atoms with Crippen molar-refractivity contribution in [2.24, 2.45) is 0 Å². The Kier molecular flexibility index (Phi) is 15.1. The van der Waals surface area contributed by atoms with E-state index in [1.165, 1.54) is 4.74 Å². The van der Waals surface area contributed by atoms with E-state index in [0.717, 1.165) is 0 Å². The van der Waals surface area contributed by atoms with Crippen molar-refractivity contribution in [3.05, 3.63) is 0 Å². The molecule has 0 aliphatic heterocycles. The van der Waals surface area contributed by atoms with Gasteiger partial charge in [0.15, 0.2) is 0 Å². The summed E-state index contributed by atoms with van der Waals surface area (Å²) in [4.78, 5) is 0. The Labute approximate surface area is 322 Å². The topological polar surface area (TPSA) is 9.23 Å². The third-order valence-corrected chi connectivity index (χ3v) is 7.76. The number of ether oxygens (including phenoxy) is 1. The van der Waals surface area contributed by atoms with Crippen molar-refractivity contribution in [2.75, 3.05) is 0 Å². The van der Waals surface area contributed by atoms with Crippen LogP contribution in [0.3, 0.4) is 0 Å². The minimum absolute atomic E-state index is 1.22. The molecule has 0 rings (SSSR count). The molecule has 0 aliphatic carbocycles. The molecule has 0 fully saturated rings. The number of hydrogen-bond acceptors (Lipinski definition) is 1. The first-order valence-corrected chi connectivity index (χ1v) is 13.7. The lowest BCUT2D eigenvalue weighted by molar-refractivity contribution is -0.476. The van der Waals surface area contributed by atoms with Crippen molar-refractivity contribution in [3.8, 4) is 0 Å². The first-order valence-electron chi connectivity index (χ1n) is 13.7. The van der Waals surface area contributed by atoms with E-state index in [-0.39, 0.29) is 0 Å². The van der Waals surface area contributed by atoms with Gasteiger partial charge in [-0.1, -0.05) is 0 Å². The summed E-state index contributed by atoms with van der Waals surface area (Å²) in [6.07, 6.45) is -28.0. The summed E-state index contributed by atoms with van der Waals surface area (Å²) in [5, 5.41) is 0. The molecule has 1 nitrogen and oxygen atoms in total. The van der Waals surface area contributed by atoms with Crippen LogP contribution in [-0.4, -0.2) is 132 Å². The van der Waals surface area contributed by atoms with E-state index in [0.29, 0.717) is 0 Å². The molecule has 65 heavy (non-hydrogen) atoms. The standard InChI is InChI=1S/C22H4F42O/c23-1(24)5(29,30)9(37,38)13(45,46)17(53,54)21(61,62)19(57,58)15(49,50)11(41,42)7(33,34)3(27)65-4(28)8(35,36)12(43,44)16(51,52)20(59,60)22(63,64)18(55,56)14(47,48)10(39,40)6(31,32)2(25)26/h1-4H. The monoisotopic (exact) mass is 1080 g/mol. The summed E-state index contributed by atoms with van der Waals surface area (Å²) in [5.74, 6) is -170. The fraction of sp³-hybridized carbons (Fsp3) is 1.00. The maximum atomic E-state index is 13.9. The van der Waals surface area contributed by atoms with Gasteiger partial charge >= 0.3 is 119 Å². The van der Waals surface area contributed by atoms with E-state index in [1.807, 2.05) is 0 Å². The van der Waals surface area contributed by atoms with Gasteiger partial charge < -0.3 is 4.74 Å². The Balaban J connectivity index is 7.41. The summed E-state index contributed by atoms with van der Waals surface area (Å²) >= 11 is 0. The molecule has 0 aromatic carbocycles. The molecule has 0 aromatic rings. The highest BCUT2D eigenvalue weighted by molar-refractivity contribution is 5.20.